The molecule has 0 saturated carbocycles. The maximum absolute atomic E-state index is 12.6. The standard InChI is InChI=1S/C15H23N3O6S/c1-9-12(11(3)24-16-9)25(22,23)17-10(2)13(19)18-7-5-6-15(4,8-18)14(20)21/h10,17H,5-8H2,1-4H3,(H,20,21). The van der Waals surface area contributed by atoms with Gasteiger partial charge >= 0.3 is 5.97 Å². The van der Waals surface area contributed by atoms with Gasteiger partial charge in [-0.1, -0.05) is 5.16 Å². The Labute approximate surface area is 146 Å². The highest BCUT2D eigenvalue weighted by atomic mass is 32.2. The van der Waals surface area contributed by atoms with Gasteiger partial charge in [0.05, 0.1) is 11.5 Å². The summed E-state index contributed by atoms with van der Waals surface area (Å²) in [5, 5.41) is 12.9. The molecule has 2 N–H and O–H groups in total. The first-order chi connectivity index (χ1) is 11.5. The van der Waals surface area contributed by atoms with Crippen molar-refractivity contribution in [2.75, 3.05) is 13.1 Å². The fourth-order valence-corrected chi connectivity index (χ4v) is 4.60. The van der Waals surface area contributed by atoms with E-state index >= 15 is 0 Å². The van der Waals surface area contributed by atoms with Gasteiger partial charge in [-0.2, -0.15) is 4.72 Å². The number of amides is 1. The Morgan fingerprint density at radius 1 is 1.40 bits per heavy atom. The predicted octanol–water partition coefficient (Wildman–Crippen LogP) is 0.672. The molecule has 0 spiro atoms. The SMILES string of the molecule is Cc1noc(C)c1S(=O)(=O)NC(C)C(=O)N1CCCC(C)(C(=O)O)C1. The van der Waals surface area contributed by atoms with Gasteiger partial charge in [-0.3, -0.25) is 9.59 Å². The number of likely N-dealkylation sites (tertiary alicyclic amines) is 1. The third kappa shape index (κ3) is 3.84. The molecule has 2 unspecified atom stereocenters. The first-order valence-corrected chi connectivity index (χ1v) is 9.43. The van der Waals surface area contributed by atoms with Crippen LogP contribution in [0, 0.1) is 19.3 Å². The van der Waals surface area contributed by atoms with Gasteiger partial charge in [0.1, 0.15) is 10.6 Å². The van der Waals surface area contributed by atoms with Gasteiger partial charge in [-0.15, -0.1) is 0 Å². The number of carboxylic acid groups (broad SMARTS) is 1. The van der Waals surface area contributed by atoms with Crippen LogP contribution >= 0.6 is 0 Å². The van der Waals surface area contributed by atoms with E-state index in [9.17, 15) is 23.1 Å². The van der Waals surface area contributed by atoms with Gasteiger partial charge in [0.25, 0.3) is 0 Å². The number of rotatable bonds is 5. The Morgan fingerprint density at radius 2 is 2.04 bits per heavy atom. The summed E-state index contributed by atoms with van der Waals surface area (Å²) in [6.45, 7) is 6.46. The zero-order valence-electron chi connectivity index (χ0n) is 14.7. The van der Waals surface area contributed by atoms with Crippen LogP contribution in [-0.4, -0.2) is 54.6 Å². The number of nitrogens with zero attached hydrogens (tertiary/aromatic N) is 2. The second-order valence-corrected chi connectivity index (χ2v) is 8.38. The minimum Gasteiger partial charge on any atom is -0.481 e. The van der Waals surface area contributed by atoms with E-state index in [2.05, 4.69) is 9.88 Å². The Kier molecular flexibility index (Phi) is 5.24. The number of hydrogen-bond donors (Lipinski definition) is 2. The number of aryl methyl sites for hydroxylation is 2. The molecular formula is C15H23N3O6S. The lowest BCUT2D eigenvalue weighted by Gasteiger charge is -2.38. The van der Waals surface area contributed by atoms with Gasteiger partial charge in [0, 0.05) is 13.1 Å². The molecule has 1 aromatic rings. The molecule has 2 heterocycles. The number of hydrogen-bond acceptors (Lipinski definition) is 6. The zero-order valence-corrected chi connectivity index (χ0v) is 15.5. The molecule has 1 aliphatic rings. The maximum atomic E-state index is 12.6. The summed E-state index contributed by atoms with van der Waals surface area (Å²) < 4.78 is 32.2. The predicted molar refractivity (Wildman–Crippen MR) is 87.3 cm³/mol. The lowest BCUT2D eigenvalue weighted by atomic mass is 9.82. The van der Waals surface area contributed by atoms with Gasteiger partial charge in [0.15, 0.2) is 5.76 Å². The highest BCUT2D eigenvalue weighted by molar-refractivity contribution is 7.89. The number of carbonyl (C=O) groups is 2. The van der Waals surface area contributed by atoms with E-state index in [1.807, 2.05) is 0 Å². The number of carbonyl (C=O) groups excluding carboxylic acids is 1. The average molecular weight is 373 g/mol. The van der Waals surface area contributed by atoms with Crippen molar-refractivity contribution in [1.82, 2.24) is 14.8 Å². The van der Waals surface area contributed by atoms with Gasteiger partial charge in [0.2, 0.25) is 15.9 Å². The Balaban J connectivity index is 2.14. The minimum atomic E-state index is -3.98. The van der Waals surface area contributed by atoms with Crippen LogP contribution in [0.3, 0.4) is 0 Å². The molecule has 1 aromatic heterocycles. The molecule has 1 fully saturated rings. The normalized spacial score (nSPS) is 22.6. The van der Waals surface area contributed by atoms with Crippen LogP contribution in [0.15, 0.2) is 9.42 Å². The van der Waals surface area contributed by atoms with E-state index in [1.54, 1.807) is 6.92 Å². The summed E-state index contributed by atoms with van der Waals surface area (Å²) in [6, 6.07) is -1.03. The molecule has 0 aromatic carbocycles. The van der Waals surface area contributed by atoms with Crippen LogP contribution in [0.5, 0.6) is 0 Å². The zero-order chi connectivity index (χ0) is 19.0. The number of aliphatic carboxylic acids is 1. The fraction of sp³-hybridized carbons (Fsp3) is 0.667. The van der Waals surface area contributed by atoms with Crippen LogP contribution in [0.25, 0.3) is 0 Å². The lowest BCUT2D eigenvalue weighted by Crippen LogP contribution is -2.53. The quantitative estimate of drug-likeness (QED) is 0.776. The van der Waals surface area contributed by atoms with Gasteiger partial charge in [-0.25, -0.2) is 8.42 Å². The molecule has 140 valence electrons. The van der Waals surface area contributed by atoms with Crippen molar-refractivity contribution in [3.63, 3.8) is 0 Å². The Bertz CT molecular complexity index is 768. The second kappa shape index (κ2) is 6.75. The van der Waals surface area contributed by atoms with E-state index < -0.39 is 33.4 Å². The van der Waals surface area contributed by atoms with Crippen LogP contribution in [0.2, 0.25) is 0 Å². The van der Waals surface area contributed by atoms with E-state index in [0.717, 1.165) is 0 Å². The summed E-state index contributed by atoms with van der Waals surface area (Å²) in [7, 11) is -3.98. The molecule has 2 rings (SSSR count). The molecule has 9 nitrogen and oxygen atoms in total. The highest BCUT2D eigenvalue weighted by Gasteiger charge is 2.40. The fourth-order valence-electron chi connectivity index (χ4n) is 3.08. The molecule has 10 heteroatoms. The van der Waals surface area contributed by atoms with Gasteiger partial charge in [-0.05, 0) is 40.5 Å². The molecule has 0 aliphatic carbocycles. The summed E-state index contributed by atoms with van der Waals surface area (Å²) in [5.41, 5.74) is -0.810. The van der Waals surface area contributed by atoms with Crippen molar-refractivity contribution >= 4 is 21.9 Å². The first-order valence-electron chi connectivity index (χ1n) is 7.95. The van der Waals surface area contributed by atoms with Crippen molar-refractivity contribution in [3.8, 4) is 0 Å². The van der Waals surface area contributed by atoms with Crippen LogP contribution in [0.4, 0.5) is 0 Å². The monoisotopic (exact) mass is 373 g/mol. The molecule has 2 atom stereocenters. The molecule has 1 aliphatic heterocycles. The second-order valence-electron chi connectivity index (χ2n) is 6.73. The Morgan fingerprint density at radius 3 is 2.56 bits per heavy atom. The largest absolute Gasteiger partial charge is 0.481 e. The maximum Gasteiger partial charge on any atom is 0.311 e. The van der Waals surface area contributed by atoms with Crippen molar-refractivity contribution in [2.24, 2.45) is 5.41 Å². The lowest BCUT2D eigenvalue weighted by molar-refractivity contribution is -0.153. The van der Waals surface area contributed by atoms with E-state index in [1.165, 1.54) is 25.7 Å². The van der Waals surface area contributed by atoms with Crippen LogP contribution < -0.4 is 4.72 Å². The average Bonchev–Trinajstić information content (AvgIpc) is 2.85. The first kappa shape index (κ1) is 19.4. The molecule has 1 saturated heterocycles. The molecule has 0 radical (unpaired) electrons. The van der Waals surface area contributed by atoms with Crippen LogP contribution in [0.1, 0.15) is 38.1 Å². The summed E-state index contributed by atoms with van der Waals surface area (Å²) in [6.07, 6.45) is 1.03. The molecule has 0 bridgehead atoms. The van der Waals surface area contributed by atoms with Gasteiger partial charge < -0.3 is 14.5 Å². The number of carboxylic acids is 1. The number of nitrogens with one attached hydrogen (secondary N) is 1. The summed E-state index contributed by atoms with van der Waals surface area (Å²) in [5.74, 6) is -1.28. The topological polar surface area (TPSA) is 130 Å². The molecule has 1 amide bonds. The van der Waals surface area contributed by atoms with Crippen molar-refractivity contribution < 1.29 is 27.6 Å². The number of aromatic nitrogens is 1. The van der Waals surface area contributed by atoms with Crippen molar-refractivity contribution in [1.29, 1.82) is 0 Å². The van der Waals surface area contributed by atoms with E-state index in [0.29, 0.717) is 19.4 Å². The summed E-state index contributed by atoms with van der Waals surface area (Å²) >= 11 is 0. The van der Waals surface area contributed by atoms with E-state index in [4.69, 9.17) is 4.52 Å². The van der Waals surface area contributed by atoms with Crippen molar-refractivity contribution in [2.45, 2.75) is 51.5 Å². The third-order valence-electron chi connectivity index (χ3n) is 4.46. The number of piperidine rings is 1. The molecular weight excluding hydrogens is 350 g/mol. The number of sulfonamides is 1. The third-order valence-corrected chi connectivity index (χ3v) is 6.25. The Hall–Kier alpha value is -1.94. The highest BCUT2D eigenvalue weighted by Crippen LogP contribution is 2.30. The molecule has 25 heavy (non-hydrogen) atoms. The summed E-state index contributed by atoms with van der Waals surface area (Å²) in [4.78, 5) is 25.3. The smallest absolute Gasteiger partial charge is 0.311 e. The minimum absolute atomic E-state index is 0.0541. The van der Waals surface area contributed by atoms with Crippen molar-refractivity contribution in [3.05, 3.63) is 11.5 Å². The van der Waals surface area contributed by atoms with E-state index in [-0.39, 0.29) is 22.9 Å². The van der Waals surface area contributed by atoms with Crippen LogP contribution in [-0.2, 0) is 19.6 Å².